The Morgan fingerprint density at radius 2 is 1.47 bits per heavy atom. The van der Waals surface area contributed by atoms with Crippen LogP contribution in [0.15, 0.2) is 42.5 Å². The molecule has 17 heavy (non-hydrogen) atoms. The number of nitrogen functional groups attached to an aromatic ring is 2. The molecule has 0 aliphatic rings. The van der Waals surface area contributed by atoms with Crippen molar-refractivity contribution in [1.29, 1.82) is 0 Å². The molecular weight excluding hydrogens is 229 g/mol. The summed E-state index contributed by atoms with van der Waals surface area (Å²) in [5.41, 5.74) is 10.5. The summed E-state index contributed by atoms with van der Waals surface area (Å²) in [5.74, 6) is -2.17. The first-order valence-corrected chi connectivity index (χ1v) is 4.71. The van der Waals surface area contributed by atoms with E-state index in [-0.39, 0.29) is 11.5 Å². The maximum absolute atomic E-state index is 12.2. The van der Waals surface area contributed by atoms with Gasteiger partial charge in [0.1, 0.15) is 5.82 Å². The Balaban J connectivity index is 0.000000171. The number of rotatable bonds is 0. The van der Waals surface area contributed by atoms with Crippen LogP contribution in [0.4, 0.5) is 24.5 Å². The fourth-order valence-corrected chi connectivity index (χ4v) is 1.03. The molecule has 0 saturated carbocycles. The lowest BCUT2D eigenvalue weighted by molar-refractivity contribution is 0.512. The minimum absolute atomic E-state index is 0.157. The lowest BCUT2D eigenvalue weighted by Crippen LogP contribution is -1.92. The minimum atomic E-state index is -0.975. The molecule has 2 nitrogen and oxygen atoms in total. The summed E-state index contributed by atoms with van der Waals surface area (Å²) in [6.07, 6.45) is 0. The van der Waals surface area contributed by atoms with Gasteiger partial charge in [-0.15, -0.1) is 0 Å². The number of nitrogens with two attached hydrogens (primary N) is 2. The van der Waals surface area contributed by atoms with Crippen LogP contribution in [0, 0.1) is 17.5 Å². The largest absolute Gasteiger partial charge is 0.399 e. The molecule has 0 bridgehead atoms. The van der Waals surface area contributed by atoms with Crippen molar-refractivity contribution in [3.8, 4) is 0 Å². The molecule has 4 N–H and O–H groups in total. The maximum Gasteiger partial charge on any atom is 0.181 e. The zero-order valence-corrected chi connectivity index (χ0v) is 8.83. The Bertz CT molecular complexity index is 463. The predicted molar refractivity (Wildman–Crippen MR) is 61.6 cm³/mol. The normalized spacial score (nSPS) is 9.35. The van der Waals surface area contributed by atoms with Gasteiger partial charge >= 0.3 is 0 Å². The average molecular weight is 240 g/mol. The van der Waals surface area contributed by atoms with Crippen LogP contribution in [0.3, 0.4) is 0 Å². The summed E-state index contributed by atoms with van der Waals surface area (Å²) in [6.45, 7) is 0. The first-order chi connectivity index (χ1) is 8.00. The van der Waals surface area contributed by atoms with Crippen molar-refractivity contribution in [3.05, 3.63) is 59.9 Å². The topological polar surface area (TPSA) is 52.0 Å². The number of benzene rings is 2. The minimum Gasteiger partial charge on any atom is -0.399 e. The summed E-state index contributed by atoms with van der Waals surface area (Å²) >= 11 is 0. The Morgan fingerprint density at radius 1 is 0.824 bits per heavy atom. The number of halogens is 3. The van der Waals surface area contributed by atoms with E-state index in [1.165, 1.54) is 24.3 Å². The molecule has 2 rings (SSSR count). The molecule has 0 spiro atoms. The van der Waals surface area contributed by atoms with Gasteiger partial charge in [0.15, 0.2) is 11.6 Å². The maximum atomic E-state index is 12.2. The molecule has 2 aromatic carbocycles. The van der Waals surface area contributed by atoms with Crippen molar-refractivity contribution in [2.75, 3.05) is 11.5 Å². The monoisotopic (exact) mass is 240 g/mol. The van der Waals surface area contributed by atoms with Gasteiger partial charge in [-0.1, -0.05) is 12.1 Å². The third kappa shape index (κ3) is 4.06. The zero-order chi connectivity index (χ0) is 12.8. The molecule has 0 atom stereocenters. The summed E-state index contributed by atoms with van der Waals surface area (Å²) < 4.78 is 36.4. The van der Waals surface area contributed by atoms with Crippen LogP contribution in [0.25, 0.3) is 0 Å². The van der Waals surface area contributed by atoms with Gasteiger partial charge in [-0.25, -0.2) is 13.2 Å². The molecule has 0 aliphatic carbocycles. The van der Waals surface area contributed by atoms with Gasteiger partial charge in [0.25, 0.3) is 0 Å². The molecule has 90 valence electrons. The van der Waals surface area contributed by atoms with Crippen LogP contribution in [0.2, 0.25) is 0 Å². The van der Waals surface area contributed by atoms with Crippen LogP contribution < -0.4 is 11.5 Å². The summed E-state index contributed by atoms with van der Waals surface area (Å²) in [4.78, 5) is 0. The Kier molecular flexibility index (Phi) is 4.39. The van der Waals surface area contributed by atoms with E-state index in [1.807, 2.05) is 0 Å². The molecule has 0 aliphatic heterocycles. The van der Waals surface area contributed by atoms with Crippen LogP contribution >= 0.6 is 0 Å². The summed E-state index contributed by atoms with van der Waals surface area (Å²) in [6, 6.07) is 9.53. The Hall–Kier alpha value is -2.17. The molecule has 0 amide bonds. The number of hydrogen-bond donors (Lipinski definition) is 2. The Labute approximate surface area is 96.7 Å². The highest BCUT2D eigenvalue weighted by atomic mass is 19.2. The van der Waals surface area contributed by atoms with Crippen LogP contribution in [-0.4, -0.2) is 0 Å². The molecule has 5 heteroatoms. The average Bonchev–Trinajstić information content (AvgIpc) is 2.26. The molecule has 0 aromatic heterocycles. The predicted octanol–water partition coefficient (Wildman–Crippen LogP) is 2.95. The van der Waals surface area contributed by atoms with Crippen molar-refractivity contribution >= 4 is 11.4 Å². The highest BCUT2D eigenvalue weighted by Gasteiger charge is 2.01. The lowest BCUT2D eigenvalue weighted by atomic mass is 10.3. The van der Waals surface area contributed by atoms with Gasteiger partial charge in [0.2, 0.25) is 0 Å². The van der Waals surface area contributed by atoms with E-state index >= 15 is 0 Å². The van der Waals surface area contributed by atoms with Crippen molar-refractivity contribution in [3.63, 3.8) is 0 Å². The van der Waals surface area contributed by atoms with Crippen molar-refractivity contribution in [2.24, 2.45) is 0 Å². The Morgan fingerprint density at radius 3 is 1.88 bits per heavy atom. The molecule has 0 radical (unpaired) electrons. The second kappa shape index (κ2) is 5.79. The zero-order valence-electron chi connectivity index (χ0n) is 8.83. The second-order valence-electron chi connectivity index (χ2n) is 3.20. The lowest BCUT2D eigenvalue weighted by Gasteiger charge is -1.93. The summed E-state index contributed by atoms with van der Waals surface area (Å²) in [5, 5.41) is 0. The number of anilines is 2. The van der Waals surface area contributed by atoms with Gasteiger partial charge in [-0.2, -0.15) is 0 Å². The van der Waals surface area contributed by atoms with Gasteiger partial charge in [0.05, 0.1) is 5.69 Å². The van der Waals surface area contributed by atoms with Gasteiger partial charge < -0.3 is 11.5 Å². The van der Waals surface area contributed by atoms with Gasteiger partial charge in [-0.05, 0) is 30.3 Å². The van der Waals surface area contributed by atoms with Crippen molar-refractivity contribution in [2.45, 2.75) is 0 Å². The van der Waals surface area contributed by atoms with E-state index in [2.05, 4.69) is 0 Å². The molecular formula is C12H11F3N2. The quantitative estimate of drug-likeness (QED) is 0.695. The van der Waals surface area contributed by atoms with Crippen molar-refractivity contribution < 1.29 is 13.2 Å². The van der Waals surface area contributed by atoms with Crippen LogP contribution in [-0.2, 0) is 0 Å². The third-order valence-electron chi connectivity index (χ3n) is 1.83. The molecule has 0 fully saturated rings. The first kappa shape index (κ1) is 12.9. The van der Waals surface area contributed by atoms with E-state index in [9.17, 15) is 13.2 Å². The third-order valence-corrected chi connectivity index (χ3v) is 1.83. The van der Waals surface area contributed by atoms with E-state index in [0.717, 1.165) is 6.07 Å². The highest BCUT2D eigenvalue weighted by molar-refractivity contribution is 5.39. The smallest absolute Gasteiger partial charge is 0.181 e. The van der Waals surface area contributed by atoms with Crippen LogP contribution in [0.5, 0.6) is 0 Å². The van der Waals surface area contributed by atoms with E-state index in [4.69, 9.17) is 11.5 Å². The standard InChI is InChI=1S/C6H5F2N.C6H6FN/c7-4-2-1-3-5(9)6(4)8;7-5-2-1-3-6(8)4-5/h1-3H,9H2;1-4H,8H2. The number of hydrogen-bond acceptors (Lipinski definition) is 2. The fourth-order valence-electron chi connectivity index (χ4n) is 1.03. The van der Waals surface area contributed by atoms with E-state index in [0.29, 0.717) is 5.69 Å². The fraction of sp³-hybridized carbons (Fsp3) is 0. The second-order valence-corrected chi connectivity index (χ2v) is 3.20. The molecule has 0 unspecified atom stereocenters. The van der Waals surface area contributed by atoms with E-state index in [1.54, 1.807) is 12.1 Å². The SMILES string of the molecule is Nc1cccc(F)c1.Nc1cccc(F)c1F. The molecule has 2 aromatic rings. The molecule has 0 heterocycles. The van der Waals surface area contributed by atoms with Crippen LogP contribution in [0.1, 0.15) is 0 Å². The first-order valence-electron chi connectivity index (χ1n) is 4.71. The van der Waals surface area contributed by atoms with Gasteiger partial charge in [0, 0.05) is 5.69 Å². The van der Waals surface area contributed by atoms with Crippen molar-refractivity contribution in [1.82, 2.24) is 0 Å². The summed E-state index contributed by atoms with van der Waals surface area (Å²) in [7, 11) is 0. The van der Waals surface area contributed by atoms with E-state index < -0.39 is 11.6 Å². The highest BCUT2D eigenvalue weighted by Crippen LogP contribution is 2.11. The molecule has 0 saturated heterocycles. The van der Waals surface area contributed by atoms with Gasteiger partial charge in [-0.3, -0.25) is 0 Å².